The van der Waals surface area contributed by atoms with E-state index in [0.29, 0.717) is 11.3 Å². The highest BCUT2D eigenvalue weighted by Crippen LogP contribution is 2.27. The largest absolute Gasteiger partial charge is 0.449 e. The van der Waals surface area contributed by atoms with E-state index >= 15 is 0 Å². The van der Waals surface area contributed by atoms with Crippen LogP contribution in [-0.4, -0.2) is 18.0 Å². The van der Waals surface area contributed by atoms with E-state index in [-0.39, 0.29) is 5.91 Å². The minimum absolute atomic E-state index is 0.376. The summed E-state index contributed by atoms with van der Waals surface area (Å²) in [4.78, 5) is 24.8. The van der Waals surface area contributed by atoms with Gasteiger partial charge in [0.2, 0.25) is 0 Å². The van der Waals surface area contributed by atoms with E-state index in [4.69, 9.17) is 4.74 Å². The Morgan fingerprint density at radius 1 is 0.889 bits per heavy atom. The van der Waals surface area contributed by atoms with Gasteiger partial charge < -0.3 is 10.1 Å². The normalized spacial score (nSPS) is 11.5. The van der Waals surface area contributed by atoms with Crippen molar-refractivity contribution in [3.05, 3.63) is 90.0 Å². The monoisotopic (exact) mass is 359 g/mol. The molecular weight excluding hydrogens is 338 g/mol. The second kappa shape index (κ2) is 8.32. The summed E-state index contributed by atoms with van der Waals surface area (Å²) in [5.74, 6) is -0.892. The maximum Gasteiger partial charge on any atom is 0.338 e. The minimum atomic E-state index is -0.915. The number of benzene rings is 3. The molecule has 0 aliphatic heterocycles. The zero-order valence-electron chi connectivity index (χ0n) is 15.3. The Morgan fingerprint density at radius 2 is 1.59 bits per heavy atom. The maximum atomic E-state index is 12.5. The highest BCUT2D eigenvalue weighted by Gasteiger charge is 2.20. The third kappa shape index (κ3) is 4.61. The average Bonchev–Trinajstić information content (AvgIpc) is 2.69. The van der Waals surface area contributed by atoms with Gasteiger partial charge in [-0.15, -0.1) is 0 Å². The van der Waals surface area contributed by atoms with Crippen LogP contribution in [0.4, 0.5) is 5.69 Å². The number of carbonyl (C=O) groups excluding carboxylic acids is 2. The van der Waals surface area contributed by atoms with Crippen LogP contribution < -0.4 is 5.32 Å². The first-order chi connectivity index (χ1) is 13.0. The molecule has 0 heterocycles. The van der Waals surface area contributed by atoms with Gasteiger partial charge in [-0.25, -0.2) is 4.79 Å². The van der Waals surface area contributed by atoms with Crippen molar-refractivity contribution in [1.82, 2.24) is 0 Å². The smallest absolute Gasteiger partial charge is 0.338 e. The maximum absolute atomic E-state index is 12.5. The molecule has 0 aromatic heterocycles. The SMILES string of the molecule is Cc1cccc(C(=O)O[C@@H](C)C(=O)Nc2ccccc2-c2ccccc2)c1. The lowest BCUT2D eigenvalue weighted by Gasteiger charge is -2.16. The molecule has 136 valence electrons. The van der Waals surface area contributed by atoms with Crippen molar-refractivity contribution < 1.29 is 14.3 Å². The molecule has 0 aliphatic rings. The van der Waals surface area contributed by atoms with Gasteiger partial charge in [0.1, 0.15) is 0 Å². The van der Waals surface area contributed by atoms with Crippen molar-refractivity contribution in [2.75, 3.05) is 5.32 Å². The van der Waals surface area contributed by atoms with Crippen LogP contribution in [0, 0.1) is 6.92 Å². The van der Waals surface area contributed by atoms with Gasteiger partial charge >= 0.3 is 5.97 Å². The lowest BCUT2D eigenvalue weighted by atomic mass is 10.0. The molecule has 0 radical (unpaired) electrons. The summed E-state index contributed by atoms with van der Waals surface area (Å²) < 4.78 is 5.32. The molecule has 3 aromatic rings. The minimum Gasteiger partial charge on any atom is -0.449 e. The summed E-state index contributed by atoms with van der Waals surface area (Å²) >= 11 is 0. The topological polar surface area (TPSA) is 55.4 Å². The van der Waals surface area contributed by atoms with E-state index in [9.17, 15) is 9.59 Å². The van der Waals surface area contributed by atoms with Gasteiger partial charge in [0, 0.05) is 11.3 Å². The molecule has 4 nitrogen and oxygen atoms in total. The van der Waals surface area contributed by atoms with Crippen LogP contribution in [-0.2, 0) is 9.53 Å². The Hall–Kier alpha value is -3.40. The highest BCUT2D eigenvalue weighted by atomic mass is 16.5. The van der Waals surface area contributed by atoms with Crippen molar-refractivity contribution in [2.24, 2.45) is 0 Å². The predicted octanol–water partition coefficient (Wildman–Crippen LogP) is 4.85. The Kier molecular flexibility index (Phi) is 5.67. The number of anilines is 1. The van der Waals surface area contributed by atoms with Crippen LogP contribution in [0.2, 0.25) is 0 Å². The summed E-state index contributed by atoms with van der Waals surface area (Å²) in [5, 5.41) is 2.86. The second-order valence-corrected chi connectivity index (χ2v) is 6.32. The number of ether oxygens (including phenoxy) is 1. The summed E-state index contributed by atoms with van der Waals surface area (Å²) in [6.45, 7) is 3.46. The molecule has 0 aliphatic carbocycles. The number of aryl methyl sites for hydroxylation is 1. The molecule has 0 saturated carbocycles. The van der Waals surface area contributed by atoms with Gasteiger partial charge in [-0.3, -0.25) is 4.79 Å². The van der Waals surface area contributed by atoms with Crippen LogP contribution in [0.15, 0.2) is 78.9 Å². The molecular formula is C23H21NO3. The van der Waals surface area contributed by atoms with E-state index in [1.807, 2.05) is 67.6 Å². The molecule has 0 fully saturated rings. The van der Waals surface area contributed by atoms with Gasteiger partial charge in [0.05, 0.1) is 5.56 Å². The molecule has 1 N–H and O–H groups in total. The van der Waals surface area contributed by atoms with Gasteiger partial charge in [-0.1, -0.05) is 66.2 Å². The molecule has 0 unspecified atom stereocenters. The first-order valence-corrected chi connectivity index (χ1v) is 8.77. The van der Waals surface area contributed by atoms with Crippen LogP contribution in [0.3, 0.4) is 0 Å². The van der Waals surface area contributed by atoms with E-state index in [1.165, 1.54) is 0 Å². The lowest BCUT2D eigenvalue weighted by molar-refractivity contribution is -0.123. The number of carbonyl (C=O) groups is 2. The van der Waals surface area contributed by atoms with E-state index in [1.54, 1.807) is 25.1 Å². The second-order valence-electron chi connectivity index (χ2n) is 6.32. The third-order valence-corrected chi connectivity index (χ3v) is 4.18. The van der Waals surface area contributed by atoms with E-state index < -0.39 is 12.1 Å². The lowest BCUT2D eigenvalue weighted by Crippen LogP contribution is -2.30. The van der Waals surface area contributed by atoms with Crippen LogP contribution in [0.25, 0.3) is 11.1 Å². The first-order valence-electron chi connectivity index (χ1n) is 8.77. The Morgan fingerprint density at radius 3 is 2.33 bits per heavy atom. The summed E-state index contributed by atoms with van der Waals surface area (Å²) in [6.07, 6.45) is -0.915. The molecule has 3 rings (SSSR count). The van der Waals surface area contributed by atoms with Crippen molar-refractivity contribution in [1.29, 1.82) is 0 Å². The molecule has 27 heavy (non-hydrogen) atoms. The number of esters is 1. The molecule has 0 saturated heterocycles. The zero-order valence-corrected chi connectivity index (χ0v) is 15.3. The van der Waals surface area contributed by atoms with Crippen molar-refractivity contribution in [3.8, 4) is 11.1 Å². The number of amides is 1. The molecule has 1 atom stereocenters. The predicted molar refractivity (Wildman–Crippen MR) is 107 cm³/mol. The van der Waals surface area contributed by atoms with E-state index in [2.05, 4.69) is 5.32 Å². The fourth-order valence-corrected chi connectivity index (χ4v) is 2.75. The summed E-state index contributed by atoms with van der Waals surface area (Å²) in [6, 6.07) is 24.4. The van der Waals surface area contributed by atoms with Crippen LogP contribution in [0.1, 0.15) is 22.8 Å². The van der Waals surface area contributed by atoms with Gasteiger partial charge in [0.15, 0.2) is 6.10 Å². The van der Waals surface area contributed by atoms with Crippen molar-refractivity contribution >= 4 is 17.6 Å². The average molecular weight is 359 g/mol. The fourth-order valence-electron chi connectivity index (χ4n) is 2.75. The first kappa shape index (κ1) is 18.4. The standard InChI is InChI=1S/C23H21NO3/c1-16-9-8-12-19(15-16)23(26)27-17(2)22(25)24-21-14-7-6-13-20(21)18-10-4-3-5-11-18/h3-15,17H,1-2H3,(H,24,25)/t17-/m0/s1. The zero-order chi connectivity index (χ0) is 19.2. The number of para-hydroxylation sites is 1. The fraction of sp³-hybridized carbons (Fsp3) is 0.130. The molecule has 4 heteroatoms. The molecule has 1 amide bonds. The Labute approximate surface area is 158 Å². The number of nitrogens with one attached hydrogen (secondary N) is 1. The summed E-state index contributed by atoms with van der Waals surface area (Å²) in [5.41, 5.74) is 3.96. The number of hydrogen-bond acceptors (Lipinski definition) is 3. The Balaban J connectivity index is 1.71. The quantitative estimate of drug-likeness (QED) is 0.663. The molecule has 0 bridgehead atoms. The summed E-state index contributed by atoms with van der Waals surface area (Å²) in [7, 11) is 0. The van der Waals surface area contributed by atoms with Gasteiger partial charge in [0.25, 0.3) is 5.91 Å². The van der Waals surface area contributed by atoms with Gasteiger partial charge in [-0.2, -0.15) is 0 Å². The number of hydrogen-bond donors (Lipinski definition) is 1. The third-order valence-electron chi connectivity index (χ3n) is 4.18. The van der Waals surface area contributed by atoms with Crippen LogP contribution >= 0.6 is 0 Å². The molecule has 0 spiro atoms. The number of rotatable bonds is 5. The van der Waals surface area contributed by atoms with Crippen molar-refractivity contribution in [3.63, 3.8) is 0 Å². The Bertz CT molecular complexity index is 951. The highest BCUT2D eigenvalue weighted by molar-refractivity contribution is 5.99. The van der Waals surface area contributed by atoms with Crippen LogP contribution in [0.5, 0.6) is 0 Å². The molecule has 3 aromatic carbocycles. The van der Waals surface area contributed by atoms with Crippen molar-refractivity contribution in [2.45, 2.75) is 20.0 Å². The van der Waals surface area contributed by atoms with Gasteiger partial charge in [-0.05, 0) is 37.6 Å². The van der Waals surface area contributed by atoms with E-state index in [0.717, 1.165) is 16.7 Å².